The molecule has 0 spiro atoms. The summed E-state index contributed by atoms with van der Waals surface area (Å²) in [5.74, 6) is -1.52. The van der Waals surface area contributed by atoms with E-state index in [0.29, 0.717) is 38.6 Å². The number of fused-ring (bicyclic) bond motifs is 4. The fourth-order valence-corrected chi connectivity index (χ4v) is 6.07. The number of hydrogen-bond donors (Lipinski definition) is 3. The van der Waals surface area contributed by atoms with Gasteiger partial charge in [0, 0.05) is 33.4 Å². The van der Waals surface area contributed by atoms with Gasteiger partial charge in [-0.1, -0.05) is 44.2 Å². The molecule has 2 aromatic carbocycles. The van der Waals surface area contributed by atoms with Crippen molar-refractivity contribution in [1.29, 1.82) is 0 Å². The molecule has 1 aliphatic rings. The highest BCUT2D eigenvalue weighted by atomic mass is 35.5. The Morgan fingerprint density at radius 2 is 1.93 bits per heavy atom. The zero-order valence-corrected chi connectivity index (χ0v) is 23.6. The molecule has 0 saturated carbocycles. The van der Waals surface area contributed by atoms with E-state index < -0.39 is 28.8 Å². The Kier molecular flexibility index (Phi) is 7.33. The molecule has 4 aromatic rings. The minimum absolute atomic E-state index is 0.00839. The van der Waals surface area contributed by atoms with E-state index >= 15 is 0 Å². The third kappa shape index (κ3) is 4.95. The van der Waals surface area contributed by atoms with E-state index in [4.69, 9.17) is 17.3 Å². The molecule has 7 nitrogen and oxygen atoms in total. The molecule has 5 rings (SSSR count). The number of H-pyrrole nitrogens is 2. The number of aryl methyl sites for hydroxylation is 1. The van der Waals surface area contributed by atoms with Gasteiger partial charge in [-0.2, -0.15) is 0 Å². The van der Waals surface area contributed by atoms with E-state index in [1.54, 1.807) is 18.2 Å². The number of amides is 1. The second-order valence-corrected chi connectivity index (χ2v) is 11.2. The summed E-state index contributed by atoms with van der Waals surface area (Å²) in [6.45, 7) is 10.1. The first-order chi connectivity index (χ1) is 19.4. The lowest BCUT2D eigenvalue weighted by atomic mass is 9.80. The fourth-order valence-electron chi connectivity index (χ4n) is 5.72. The molecule has 41 heavy (non-hydrogen) atoms. The Morgan fingerprint density at radius 1 is 1.20 bits per heavy atom. The van der Waals surface area contributed by atoms with E-state index in [9.17, 15) is 23.2 Å². The molecule has 212 valence electrons. The molecule has 0 saturated heterocycles. The summed E-state index contributed by atoms with van der Waals surface area (Å²) in [6.07, 6.45) is 7.48. The topological polar surface area (TPSA) is 114 Å². The fraction of sp³-hybridized carbons (Fsp3) is 0.258. The molecule has 10 heteroatoms. The number of allylic oxidation sites excluding steroid dienone is 5. The quantitative estimate of drug-likeness (QED) is 0.240. The van der Waals surface area contributed by atoms with Gasteiger partial charge >= 0.3 is 5.69 Å². The second kappa shape index (κ2) is 10.6. The lowest BCUT2D eigenvalue weighted by Gasteiger charge is -2.25. The normalized spacial score (nSPS) is 15.8. The zero-order chi connectivity index (χ0) is 29.7. The number of carbonyl (C=O) groups is 1. The van der Waals surface area contributed by atoms with Gasteiger partial charge < -0.3 is 15.7 Å². The van der Waals surface area contributed by atoms with Gasteiger partial charge in [-0.15, -0.1) is 0 Å². The lowest BCUT2D eigenvalue weighted by Crippen LogP contribution is -2.34. The molecule has 2 heterocycles. The van der Waals surface area contributed by atoms with Crippen LogP contribution in [0.15, 0.2) is 52.6 Å². The summed E-state index contributed by atoms with van der Waals surface area (Å²) in [5.41, 5.74) is 8.19. The molecule has 0 aliphatic heterocycles. The van der Waals surface area contributed by atoms with Gasteiger partial charge in [0.25, 0.3) is 11.5 Å². The maximum Gasteiger partial charge on any atom is 0.333 e. The van der Waals surface area contributed by atoms with Crippen molar-refractivity contribution in [3.05, 3.63) is 103 Å². The Bertz CT molecular complexity index is 1950. The van der Waals surface area contributed by atoms with Gasteiger partial charge in [0.1, 0.15) is 5.82 Å². The number of halogens is 3. The number of nitrogens with one attached hydrogen (secondary N) is 2. The van der Waals surface area contributed by atoms with Crippen LogP contribution < -0.4 is 17.0 Å². The lowest BCUT2D eigenvalue weighted by molar-refractivity contribution is 0.100. The maximum absolute atomic E-state index is 14.1. The molecular weight excluding hydrogens is 550 g/mol. The molecule has 0 radical (unpaired) electrons. The van der Waals surface area contributed by atoms with E-state index in [1.165, 1.54) is 6.08 Å². The van der Waals surface area contributed by atoms with E-state index in [-0.39, 0.29) is 16.6 Å². The number of rotatable bonds is 6. The summed E-state index contributed by atoms with van der Waals surface area (Å²) < 4.78 is 28.6. The Balaban J connectivity index is 1.56. The number of aromatic amines is 2. The Labute approximate surface area is 239 Å². The summed E-state index contributed by atoms with van der Waals surface area (Å²) in [6, 6.07) is 3.01. The van der Waals surface area contributed by atoms with Crippen molar-refractivity contribution in [2.75, 3.05) is 0 Å². The smallest absolute Gasteiger partial charge is 0.333 e. The molecular formula is C31H29ClF2N4O3. The predicted octanol–water partition coefficient (Wildman–Crippen LogP) is 6.09. The number of hydrogen-bond acceptors (Lipinski definition) is 3. The van der Waals surface area contributed by atoms with Crippen LogP contribution in [0.3, 0.4) is 0 Å². The van der Waals surface area contributed by atoms with Gasteiger partial charge in [-0.05, 0) is 67.4 Å². The summed E-state index contributed by atoms with van der Waals surface area (Å²) in [5, 5.41) is 0.908. The first-order valence-corrected chi connectivity index (χ1v) is 13.6. The molecule has 1 unspecified atom stereocenters. The van der Waals surface area contributed by atoms with E-state index in [0.717, 1.165) is 53.1 Å². The van der Waals surface area contributed by atoms with Crippen molar-refractivity contribution in [2.24, 2.45) is 17.6 Å². The van der Waals surface area contributed by atoms with Crippen LogP contribution >= 0.6 is 11.6 Å². The molecule has 1 atom stereocenters. The summed E-state index contributed by atoms with van der Waals surface area (Å²) >= 11 is 6.73. The first kappa shape index (κ1) is 28.3. The molecule has 4 N–H and O–H groups in total. The number of aromatic nitrogens is 3. The van der Waals surface area contributed by atoms with Crippen LogP contribution in [0, 0.1) is 23.5 Å². The minimum Gasteiger partial charge on any atom is -0.366 e. The monoisotopic (exact) mass is 578 g/mol. The second-order valence-electron chi connectivity index (χ2n) is 10.8. The Morgan fingerprint density at radius 3 is 2.61 bits per heavy atom. The van der Waals surface area contributed by atoms with Crippen molar-refractivity contribution < 1.29 is 13.6 Å². The highest BCUT2D eigenvalue weighted by molar-refractivity contribution is 6.34. The number of carbonyl (C=O) groups excluding carboxylic acids is 1. The van der Waals surface area contributed by atoms with E-state index in [1.807, 2.05) is 6.92 Å². The van der Waals surface area contributed by atoms with Crippen LogP contribution in [0.5, 0.6) is 0 Å². The molecule has 0 fully saturated rings. The van der Waals surface area contributed by atoms with Crippen LogP contribution in [-0.4, -0.2) is 20.4 Å². The maximum atomic E-state index is 14.1. The molecule has 1 aliphatic carbocycles. The van der Waals surface area contributed by atoms with Crippen LogP contribution in [0.4, 0.5) is 8.78 Å². The largest absolute Gasteiger partial charge is 0.366 e. The highest BCUT2D eigenvalue weighted by Gasteiger charge is 2.28. The van der Waals surface area contributed by atoms with E-state index in [2.05, 4.69) is 30.4 Å². The van der Waals surface area contributed by atoms with Gasteiger partial charge in [0.15, 0.2) is 5.82 Å². The van der Waals surface area contributed by atoms with Crippen molar-refractivity contribution >= 4 is 50.6 Å². The third-order valence-electron chi connectivity index (χ3n) is 7.90. The van der Waals surface area contributed by atoms with Crippen LogP contribution in [-0.2, 0) is 12.8 Å². The number of benzene rings is 2. The zero-order valence-electron chi connectivity index (χ0n) is 22.8. The first-order valence-electron chi connectivity index (χ1n) is 13.2. The van der Waals surface area contributed by atoms with Crippen LogP contribution in [0.25, 0.3) is 33.1 Å². The Hall–Kier alpha value is -4.24. The molecule has 0 bridgehead atoms. The third-order valence-corrected chi connectivity index (χ3v) is 8.20. The number of nitrogens with two attached hydrogens (primary N) is 1. The van der Waals surface area contributed by atoms with Crippen molar-refractivity contribution in [3.8, 4) is 0 Å². The van der Waals surface area contributed by atoms with Crippen LogP contribution in [0.1, 0.15) is 54.4 Å². The SMILES string of the molecule is C=C(/C=C\C=C(/C)c1c(Cl)cc(C(N)=O)c2[nH]c3c(c12)CCC(C(C)C)C3)n1c(=O)[nH]c2c(F)cc(F)cc2c1=O. The van der Waals surface area contributed by atoms with Crippen molar-refractivity contribution in [1.82, 2.24) is 14.5 Å². The van der Waals surface area contributed by atoms with Crippen molar-refractivity contribution in [2.45, 2.75) is 40.0 Å². The number of nitrogens with zero attached hydrogens (tertiary/aromatic N) is 1. The average Bonchev–Trinajstić information content (AvgIpc) is 3.27. The van der Waals surface area contributed by atoms with Gasteiger partial charge in [-0.3, -0.25) is 9.59 Å². The number of primary amides is 1. The highest BCUT2D eigenvalue weighted by Crippen LogP contribution is 2.41. The average molecular weight is 579 g/mol. The van der Waals surface area contributed by atoms with Gasteiger partial charge in [0.2, 0.25) is 0 Å². The van der Waals surface area contributed by atoms with Crippen LogP contribution in [0.2, 0.25) is 5.02 Å². The summed E-state index contributed by atoms with van der Waals surface area (Å²) in [4.78, 5) is 43.5. The standard InChI is InChI=1S/C31H29ClF2N4O3/c1-14(2)17-8-9-19-24(10-17)36-28-20(29(35)39)13-22(32)25(26(19)28)15(3)6-5-7-16(4)38-30(40)21-11-18(33)12-23(34)27(21)37-31(38)41/h5-7,11-14,17,36H,4,8-10H2,1-3H3,(H2,35,39)(H,37,41)/b7-5-,15-6+. The molecule has 2 aromatic heterocycles. The van der Waals surface area contributed by atoms with Gasteiger partial charge in [-0.25, -0.2) is 18.1 Å². The van der Waals surface area contributed by atoms with Gasteiger partial charge in [0.05, 0.1) is 22.0 Å². The predicted molar refractivity (Wildman–Crippen MR) is 159 cm³/mol. The van der Waals surface area contributed by atoms with Crippen molar-refractivity contribution in [3.63, 3.8) is 0 Å². The summed E-state index contributed by atoms with van der Waals surface area (Å²) in [7, 11) is 0. The minimum atomic E-state index is -1.04. The molecule has 1 amide bonds.